The van der Waals surface area contributed by atoms with Crippen LogP contribution in [0.3, 0.4) is 0 Å². The van der Waals surface area contributed by atoms with Crippen molar-refractivity contribution in [3.63, 3.8) is 0 Å². The summed E-state index contributed by atoms with van der Waals surface area (Å²) in [6.07, 6.45) is -5.48. The Morgan fingerprint density at radius 1 is 0.750 bits per heavy atom. The third-order valence-electron chi connectivity index (χ3n) is 1.45. The third-order valence-corrected chi connectivity index (χ3v) is 2.09. The first kappa shape index (κ1) is 12.4. The molecule has 0 aromatic carbocycles. The van der Waals surface area contributed by atoms with Gasteiger partial charge in [0, 0.05) is 0 Å². The van der Waals surface area contributed by atoms with E-state index in [4.69, 9.17) is 43.6 Å². The van der Waals surface area contributed by atoms with Crippen LogP contribution in [0.4, 0.5) is 0 Å². The number of alkyl halides is 2. The van der Waals surface area contributed by atoms with Gasteiger partial charge in [0.05, 0.1) is 24.0 Å². The molecule has 0 aromatic heterocycles. The van der Waals surface area contributed by atoms with Gasteiger partial charge < -0.3 is 20.4 Å². The minimum Gasteiger partial charge on any atom is -0.389 e. The Morgan fingerprint density at radius 3 is 1.17 bits per heavy atom. The van der Waals surface area contributed by atoms with E-state index in [-0.39, 0.29) is 11.8 Å². The molecule has 0 aliphatic carbocycles. The van der Waals surface area contributed by atoms with Crippen molar-refractivity contribution in [1.29, 1.82) is 0 Å². The molecule has 0 bridgehead atoms. The van der Waals surface area contributed by atoms with Crippen LogP contribution in [-0.2, 0) is 0 Å². The van der Waals surface area contributed by atoms with Crippen LogP contribution in [0.15, 0.2) is 0 Å². The highest BCUT2D eigenvalue weighted by Crippen LogP contribution is 2.07. The number of halogens is 2. The maximum absolute atomic E-state index is 9.08. The standard InChI is InChI=1S/C6H12Cl2O4/c7-1-3(9)5(11)6(12)4(10)2-8/h3-6,9-12H,1-2H2/t3-,4-,5+,6+/m0/s1. The van der Waals surface area contributed by atoms with Crippen molar-refractivity contribution >= 4 is 23.2 Å². The van der Waals surface area contributed by atoms with Gasteiger partial charge in [0.2, 0.25) is 0 Å². The van der Waals surface area contributed by atoms with Gasteiger partial charge in [0.15, 0.2) is 0 Å². The number of hydrogen-bond acceptors (Lipinski definition) is 4. The molecule has 4 N–H and O–H groups in total. The lowest BCUT2D eigenvalue weighted by Gasteiger charge is -2.24. The fourth-order valence-corrected chi connectivity index (χ4v) is 1.00. The van der Waals surface area contributed by atoms with Crippen molar-refractivity contribution in [1.82, 2.24) is 0 Å². The molecule has 0 rings (SSSR count). The molecule has 0 aliphatic heterocycles. The lowest BCUT2D eigenvalue weighted by molar-refractivity contribution is -0.0928. The Morgan fingerprint density at radius 2 is 1.00 bits per heavy atom. The average molecular weight is 219 g/mol. The molecule has 4 nitrogen and oxygen atoms in total. The molecule has 0 aliphatic rings. The largest absolute Gasteiger partial charge is 0.389 e. The summed E-state index contributed by atoms with van der Waals surface area (Å²) in [6, 6.07) is 0. The van der Waals surface area contributed by atoms with Crippen molar-refractivity contribution < 1.29 is 20.4 Å². The number of aliphatic hydroxyl groups is 4. The smallest absolute Gasteiger partial charge is 0.109 e. The van der Waals surface area contributed by atoms with Gasteiger partial charge in [-0.1, -0.05) is 0 Å². The molecule has 0 unspecified atom stereocenters. The lowest BCUT2D eigenvalue weighted by Crippen LogP contribution is -2.45. The van der Waals surface area contributed by atoms with E-state index in [0.717, 1.165) is 0 Å². The van der Waals surface area contributed by atoms with Gasteiger partial charge in [-0.3, -0.25) is 0 Å². The van der Waals surface area contributed by atoms with Crippen LogP contribution in [0.5, 0.6) is 0 Å². The Bertz CT molecular complexity index is 110. The van der Waals surface area contributed by atoms with Crippen molar-refractivity contribution in [2.24, 2.45) is 0 Å². The number of hydrogen-bond donors (Lipinski definition) is 4. The second kappa shape index (κ2) is 5.96. The maximum atomic E-state index is 9.08. The summed E-state index contributed by atoms with van der Waals surface area (Å²) in [5, 5.41) is 36.1. The highest BCUT2D eigenvalue weighted by Gasteiger charge is 2.29. The first-order valence-corrected chi connectivity index (χ1v) is 4.45. The van der Waals surface area contributed by atoms with Crippen LogP contribution >= 0.6 is 23.2 Å². The Hall–Kier alpha value is 0.420. The van der Waals surface area contributed by atoms with Gasteiger partial charge in [-0.25, -0.2) is 0 Å². The van der Waals surface area contributed by atoms with Gasteiger partial charge in [-0.15, -0.1) is 23.2 Å². The Balaban J connectivity index is 3.99. The van der Waals surface area contributed by atoms with Gasteiger partial charge in [-0.2, -0.15) is 0 Å². The SMILES string of the molecule is O[C@@H]([C@H](O)[C@@H](O)CCl)[C@@H](O)CCl. The zero-order valence-corrected chi connectivity index (χ0v) is 7.78. The average Bonchev–Trinajstić information content (AvgIpc) is 2.12. The molecule has 74 valence electrons. The summed E-state index contributed by atoms with van der Waals surface area (Å²) in [7, 11) is 0. The van der Waals surface area contributed by atoms with Crippen LogP contribution in [0.1, 0.15) is 0 Å². The minimum atomic E-state index is -1.48. The topological polar surface area (TPSA) is 80.9 Å². The van der Waals surface area contributed by atoms with Gasteiger partial charge in [0.25, 0.3) is 0 Å². The van der Waals surface area contributed by atoms with E-state index in [2.05, 4.69) is 0 Å². The third kappa shape index (κ3) is 3.43. The fourth-order valence-electron chi connectivity index (χ4n) is 0.638. The molecule has 0 radical (unpaired) electrons. The van der Waals surface area contributed by atoms with Crippen LogP contribution < -0.4 is 0 Å². The molecule has 0 spiro atoms. The minimum absolute atomic E-state index is 0.215. The van der Waals surface area contributed by atoms with Crippen molar-refractivity contribution in [3.8, 4) is 0 Å². The molecular formula is C6H12Cl2O4. The summed E-state index contributed by atoms with van der Waals surface area (Å²) < 4.78 is 0. The van der Waals surface area contributed by atoms with Gasteiger partial charge in [-0.05, 0) is 0 Å². The Kier molecular flexibility index (Phi) is 6.17. The van der Waals surface area contributed by atoms with Crippen LogP contribution in [0.25, 0.3) is 0 Å². The van der Waals surface area contributed by atoms with Crippen molar-refractivity contribution in [3.05, 3.63) is 0 Å². The summed E-state index contributed by atoms with van der Waals surface area (Å²) in [4.78, 5) is 0. The molecule has 6 heteroatoms. The highest BCUT2D eigenvalue weighted by molar-refractivity contribution is 6.18. The predicted molar refractivity (Wildman–Crippen MR) is 45.5 cm³/mol. The molecule has 0 aromatic rings. The molecular weight excluding hydrogens is 207 g/mol. The van der Waals surface area contributed by atoms with Gasteiger partial charge in [0.1, 0.15) is 12.2 Å². The van der Waals surface area contributed by atoms with E-state index in [9.17, 15) is 0 Å². The van der Waals surface area contributed by atoms with Gasteiger partial charge >= 0.3 is 0 Å². The quantitative estimate of drug-likeness (QED) is 0.443. The van der Waals surface area contributed by atoms with Crippen molar-refractivity contribution in [2.45, 2.75) is 24.4 Å². The van der Waals surface area contributed by atoms with Crippen molar-refractivity contribution in [2.75, 3.05) is 11.8 Å². The van der Waals surface area contributed by atoms with E-state index >= 15 is 0 Å². The van der Waals surface area contributed by atoms with Crippen LogP contribution in [0, 0.1) is 0 Å². The van der Waals surface area contributed by atoms with E-state index in [1.54, 1.807) is 0 Å². The molecule has 4 atom stereocenters. The molecule has 0 amide bonds. The van der Waals surface area contributed by atoms with Crippen LogP contribution in [0.2, 0.25) is 0 Å². The Labute approximate surface area is 80.3 Å². The summed E-state index contributed by atoms with van der Waals surface area (Å²) in [6.45, 7) is 0. The number of aliphatic hydroxyl groups excluding tert-OH is 4. The van der Waals surface area contributed by atoms with E-state index in [1.807, 2.05) is 0 Å². The summed E-state index contributed by atoms with van der Waals surface area (Å²) >= 11 is 10.4. The molecule has 0 saturated carbocycles. The predicted octanol–water partition coefficient (Wildman–Crippen LogP) is -1.09. The maximum Gasteiger partial charge on any atom is 0.109 e. The van der Waals surface area contributed by atoms with E-state index < -0.39 is 24.4 Å². The monoisotopic (exact) mass is 218 g/mol. The second-order valence-corrected chi connectivity index (χ2v) is 3.04. The zero-order chi connectivity index (χ0) is 9.72. The molecule has 0 saturated heterocycles. The lowest BCUT2D eigenvalue weighted by atomic mass is 10.1. The fraction of sp³-hybridized carbons (Fsp3) is 1.00. The van der Waals surface area contributed by atoms with E-state index in [1.165, 1.54) is 0 Å². The first-order valence-electron chi connectivity index (χ1n) is 3.38. The number of rotatable bonds is 5. The zero-order valence-electron chi connectivity index (χ0n) is 6.27. The summed E-state index contributed by atoms with van der Waals surface area (Å²) in [5.74, 6) is -0.430. The molecule has 0 heterocycles. The first-order chi connectivity index (χ1) is 5.54. The molecule has 0 fully saturated rings. The normalized spacial score (nSPS) is 21.5. The molecule has 12 heavy (non-hydrogen) atoms. The highest BCUT2D eigenvalue weighted by atomic mass is 35.5. The van der Waals surface area contributed by atoms with E-state index in [0.29, 0.717) is 0 Å². The van der Waals surface area contributed by atoms with Crippen LogP contribution in [-0.4, -0.2) is 56.6 Å². The summed E-state index contributed by atoms with van der Waals surface area (Å²) in [5.41, 5.74) is 0. The second-order valence-electron chi connectivity index (χ2n) is 2.42.